The Morgan fingerprint density at radius 1 is 1.53 bits per heavy atom. The Morgan fingerprint density at radius 2 is 2.35 bits per heavy atom. The molecule has 0 aliphatic rings. The Morgan fingerprint density at radius 3 is 2.94 bits per heavy atom. The van der Waals surface area contributed by atoms with Crippen LogP contribution >= 0.6 is 0 Å². The summed E-state index contributed by atoms with van der Waals surface area (Å²) in [6.45, 7) is 0.308. The minimum Gasteiger partial charge on any atom is -0.351 e. The lowest BCUT2D eigenvalue weighted by Crippen LogP contribution is -2.22. The summed E-state index contributed by atoms with van der Waals surface area (Å²) in [5.41, 5.74) is 0.832. The van der Waals surface area contributed by atoms with Gasteiger partial charge in [0.25, 0.3) is 11.6 Å². The van der Waals surface area contributed by atoms with E-state index in [2.05, 4.69) is 20.5 Å². The van der Waals surface area contributed by atoms with E-state index in [0.29, 0.717) is 6.54 Å². The van der Waals surface area contributed by atoms with Gasteiger partial charge in [-0.2, -0.15) is 5.10 Å². The fourth-order valence-corrected chi connectivity index (χ4v) is 1.27. The number of nitrogens with zero attached hydrogens (tertiary/aromatic N) is 2. The van der Waals surface area contributed by atoms with Crippen LogP contribution in [0.1, 0.15) is 16.1 Å². The predicted octanol–water partition coefficient (Wildman–Crippen LogP) is 0.576. The van der Waals surface area contributed by atoms with Crippen molar-refractivity contribution < 1.29 is 9.72 Å². The van der Waals surface area contributed by atoms with Gasteiger partial charge in [0, 0.05) is 24.4 Å². The molecule has 0 bridgehead atoms. The lowest BCUT2D eigenvalue weighted by atomic mass is 10.3. The summed E-state index contributed by atoms with van der Waals surface area (Å²) >= 11 is 0. The monoisotopic (exact) mass is 235 g/mol. The van der Waals surface area contributed by atoms with Crippen LogP contribution in [-0.2, 0) is 6.54 Å². The first-order chi connectivity index (χ1) is 8.16. The standard InChI is InChI=1S/C9H9N5O3/c15-9(11-2-6-3-12-13-4-6)8-1-7(5-10-8)14(16)17/h1,3-5,10H,2H2,(H,11,15)(H,12,13). The van der Waals surface area contributed by atoms with Crippen molar-refractivity contribution in [3.63, 3.8) is 0 Å². The molecule has 0 unspecified atom stereocenters. The van der Waals surface area contributed by atoms with Crippen molar-refractivity contribution in [2.24, 2.45) is 0 Å². The molecule has 0 aromatic carbocycles. The second-order valence-electron chi connectivity index (χ2n) is 3.32. The number of hydrogen-bond donors (Lipinski definition) is 3. The number of carbonyl (C=O) groups is 1. The molecule has 8 nitrogen and oxygen atoms in total. The van der Waals surface area contributed by atoms with Crippen LogP contribution in [0.2, 0.25) is 0 Å². The van der Waals surface area contributed by atoms with Gasteiger partial charge in [-0.1, -0.05) is 0 Å². The molecule has 2 aromatic heterocycles. The van der Waals surface area contributed by atoms with E-state index in [1.165, 1.54) is 12.3 Å². The van der Waals surface area contributed by atoms with Gasteiger partial charge in [-0.05, 0) is 0 Å². The van der Waals surface area contributed by atoms with Gasteiger partial charge in [0.1, 0.15) is 5.69 Å². The summed E-state index contributed by atoms with van der Waals surface area (Å²) in [5, 5.41) is 19.4. The summed E-state index contributed by atoms with van der Waals surface area (Å²) in [6.07, 6.45) is 4.40. The van der Waals surface area contributed by atoms with Gasteiger partial charge in [0.15, 0.2) is 0 Å². The van der Waals surface area contributed by atoms with E-state index in [-0.39, 0.29) is 11.4 Å². The number of hydrogen-bond acceptors (Lipinski definition) is 4. The lowest BCUT2D eigenvalue weighted by Gasteiger charge is -2.00. The highest BCUT2D eigenvalue weighted by atomic mass is 16.6. The van der Waals surface area contributed by atoms with Crippen LogP contribution in [0.4, 0.5) is 5.69 Å². The summed E-state index contributed by atoms with van der Waals surface area (Å²) in [5.74, 6) is -0.403. The third kappa shape index (κ3) is 2.48. The van der Waals surface area contributed by atoms with E-state index in [9.17, 15) is 14.9 Å². The molecule has 0 saturated carbocycles. The van der Waals surface area contributed by atoms with Crippen molar-refractivity contribution >= 4 is 11.6 Å². The van der Waals surface area contributed by atoms with Gasteiger partial charge in [0.05, 0.1) is 17.3 Å². The van der Waals surface area contributed by atoms with Gasteiger partial charge >= 0.3 is 0 Å². The van der Waals surface area contributed by atoms with Crippen LogP contribution < -0.4 is 5.32 Å². The zero-order chi connectivity index (χ0) is 12.3. The van der Waals surface area contributed by atoms with Gasteiger partial charge in [-0.3, -0.25) is 20.0 Å². The number of rotatable bonds is 4. The third-order valence-electron chi connectivity index (χ3n) is 2.13. The maximum atomic E-state index is 11.6. The third-order valence-corrected chi connectivity index (χ3v) is 2.13. The highest BCUT2D eigenvalue weighted by Crippen LogP contribution is 2.11. The molecular formula is C9H9N5O3. The number of amides is 1. The minimum atomic E-state index is -0.566. The van der Waals surface area contributed by atoms with E-state index < -0.39 is 10.8 Å². The quantitative estimate of drug-likeness (QED) is 0.530. The molecule has 0 spiro atoms. The SMILES string of the molecule is O=C(NCc1cn[nH]c1)c1cc([N+](=O)[O-])c[nH]1. The Balaban J connectivity index is 1.97. The van der Waals surface area contributed by atoms with Gasteiger partial charge < -0.3 is 10.3 Å². The number of H-pyrrole nitrogens is 2. The van der Waals surface area contributed by atoms with Crippen LogP contribution in [0.5, 0.6) is 0 Å². The maximum absolute atomic E-state index is 11.6. The number of carbonyl (C=O) groups excluding carboxylic acids is 1. The lowest BCUT2D eigenvalue weighted by molar-refractivity contribution is -0.384. The largest absolute Gasteiger partial charge is 0.351 e. The molecule has 0 radical (unpaired) electrons. The fraction of sp³-hybridized carbons (Fsp3) is 0.111. The van der Waals surface area contributed by atoms with E-state index in [4.69, 9.17) is 0 Å². The highest BCUT2D eigenvalue weighted by Gasteiger charge is 2.13. The summed E-state index contributed by atoms with van der Waals surface area (Å²) < 4.78 is 0. The number of nitrogens with one attached hydrogen (secondary N) is 3. The second kappa shape index (κ2) is 4.47. The molecule has 0 aliphatic heterocycles. The maximum Gasteiger partial charge on any atom is 0.287 e. The van der Waals surface area contributed by atoms with Crippen molar-refractivity contribution in [3.8, 4) is 0 Å². The van der Waals surface area contributed by atoms with Crippen LogP contribution in [-0.4, -0.2) is 26.0 Å². The molecule has 2 aromatic rings. The highest BCUT2D eigenvalue weighted by molar-refractivity contribution is 5.93. The fourth-order valence-electron chi connectivity index (χ4n) is 1.27. The molecule has 0 saturated heterocycles. The van der Waals surface area contributed by atoms with E-state index in [0.717, 1.165) is 5.56 Å². The van der Waals surface area contributed by atoms with Crippen LogP contribution in [0.25, 0.3) is 0 Å². The first kappa shape index (κ1) is 10.9. The zero-order valence-electron chi connectivity index (χ0n) is 8.64. The molecule has 1 amide bonds. The average molecular weight is 235 g/mol. The smallest absolute Gasteiger partial charge is 0.287 e. The molecule has 0 aliphatic carbocycles. The molecular weight excluding hydrogens is 226 g/mol. The van der Waals surface area contributed by atoms with Crippen molar-refractivity contribution in [3.05, 3.63) is 46.0 Å². The first-order valence-electron chi connectivity index (χ1n) is 4.75. The number of nitro groups is 1. The van der Waals surface area contributed by atoms with E-state index in [1.54, 1.807) is 12.4 Å². The van der Waals surface area contributed by atoms with Crippen LogP contribution in [0.3, 0.4) is 0 Å². The Labute approximate surface area is 95.2 Å². The number of aromatic amines is 2. The topological polar surface area (TPSA) is 117 Å². The summed E-state index contributed by atoms with van der Waals surface area (Å²) in [4.78, 5) is 24.0. The number of aromatic nitrogens is 3. The molecule has 8 heteroatoms. The second-order valence-corrected chi connectivity index (χ2v) is 3.32. The Hall–Kier alpha value is -2.64. The minimum absolute atomic E-state index is 0.140. The Kier molecular flexibility index (Phi) is 2.86. The first-order valence-corrected chi connectivity index (χ1v) is 4.75. The summed E-state index contributed by atoms with van der Waals surface area (Å²) in [7, 11) is 0. The molecule has 17 heavy (non-hydrogen) atoms. The summed E-state index contributed by atoms with van der Waals surface area (Å²) in [6, 6.07) is 1.19. The van der Waals surface area contributed by atoms with Gasteiger partial charge in [-0.25, -0.2) is 0 Å². The Bertz CT molecular complexity index is 531. The predicted molar refractivity (Wildman–Crippen MR) is 57.2 cm³/mol. The molecule has 2 rings (SSSR count). The molecule has 88 valence electrons. The van der Waals surface area contributed by atoms with Crippen molar-refractivity contribution in [2.75, 3.05) is 0 Å². The van der Waals surface area contributed by atoms with E-state index in [1.807, 2.05) is 0 Å². The normalized spacial score (nSPS) is 10.1. The van der Waals surface area contributed by atoms with Crippen molar-refractivity contribution in [2.45, 2.75) is 6.54 Å². The molecule has 2 heterocycles. The van der Waals surface area contributed by atoms with Crippen molar-refractivity contribution in [1.82, 2.24) is 20.5 Å². The van der Waals surface area contributed by atoms with Crippen LogP contribution in [0, 0.1) is 10.1 Å². The molecule has 3 N–H and O–H groups in total. The van der Waals surface area contributed by atoms with Gasteiger partial charge in [0.2, 0.25) is 0 Å². The zero-order valence-corrected chi connectivity index (χ0v) is 8.64. The van der Waals surface area contributed by atoms with E-state index >= 15 is 0 Å². The molecule has 0 fully saturated rings. The van der Waals surface area contributed by atoms with Crippen LogP contribution in [0.15, 0.2) is 24.7 Å². The average Bonchev–Trinajstić information content (AvgIpc) is 2.96. The van der Waals surface area contributed by atoms with Gasteiger partial charge in [-0.15, -0.1) is 0 Å². The van der Waals surface area contributed by atoms with Crippen molar-refractivity contribution in [1.29, 1.82) is 0 Å². The molecule has 0 atom stereocenters.